The van der Waals surface area contributed by atoms with Gasteiger partial charge in [0.25, 0.3) is 0 Å². The zero-order chi connectivity index (χ0) is 16.2. The summed E-state index contributed by atoms with van der Waals surface area (Å²) in [7, 11) is 0. The molecule has 1 heterocycles. The van der Waals surface area contributed by atoms with Crippen molar-refractivity contribution in [3.05, 3.63) is 35.8 Å². The largest absolute Gasteiger partial charge is 0.393 e. The number of fused-ring (bicyclic) bond motifs is 1. The molecule has 1 fully saturated rings. The summed E-state index contributed by atoms with van der Waals surface area (Å²) in [6, 6.07) is 4.64. The van der Waals surface area contributed by atoms with E-state index in [4.69, 9.17) is 0 Å². The van der Waals surface area contributed by atoms with E-state index in [0.29, 0.717) is 13.0 Å². The lowest BCUT2D eigenvalue weighted by atomic mass is 9.93. The van der Waals surface area contributed by atoms with Crippen LogP contribution < -0.4 is 10.6 Å². The minimum absolute atomic E-state index is 0.148. The molecule has 6 heteroatoms. The Hall–Kier alpha value is -2.08. The third kappa shape index (κ3) is 4.01. The molecule has 1 aliphatic rings. The lowest BCUT2D eigenvalue weighted by Crippen LogP contribution is -2.44. The molecule has 2 amide bonds. The van der Waals surface area contributed by atoms with Gasteiger partial charge in [0.15, 0.2) is 0 Å². The van der Waals surface area contributed by atoms with Crippen molar-refractivity contribution in [2.75, 3.05) is 6.54 Å². The van der Waals surface area contributed by atoms with E-state index in [2.05, 4.69) is 15.6 Å². The molecule has 0 unspecified atom stereocenters. The van der Waals surface area contributed by atoms with E-state index in [1.165, 1.54) is 12.1 Å². The average molecular weight is 319 g/mol. The molecule has 0 bridgehead atoms. The Morgan fingerprint density at radius 1 is 1.30 bits per heavy atom. The van der Waals surface area contributed by atoms with Crippen LogP contribution in [0.25, 0.3) is 10.9 Å². The van der Waals surface area contributed by atoms with Crippen molar-refractivity contribution in [1.29, 1.82) is 0 Å². The smallest absolute Gasteiger partial charge is 0.315 e. The first kappa shape index (κ1) is 15.8. The summed E-state index contributed by atoms with van der Waals surface area (Å²) in [4.78, 5) is 14.9. The first-order valence-electron chi connectivity index (χ1n) is 8.10. The van der Waals surface area contributed by atoms with Crippen LogP contribution in [0.4, 0.5) is 9.18 Å². The Morgan fingerprint density at radius 2 is 2.09 bits per heavy atom. The monoisotopic (exact) mass is 319 g/mol. The lowest BCUT2D eigenvalue weighted by molar-refractivity contribution is 0.117. The van der Waals surface area contributed by atoms with Gasteiger partial charge in [0.2, 0.25) is 0 Å². The lowest BCUT2D eigenvalue weighted by Gasteiger charge is -2.26. The number of nitrogens with one attached hydrogen (secondary N) is 3. The molecule has 1 saturated carbocycles. The molecule has 124 valence electrons. The highest BCUT2D eigenvalue weighted by Gasteiger charge is 2.20. The van der Waals surface area contributed by atoms with Crippen molar-refractivity contribution < 1.29 is 14.3 Å². The molecule has 3 rings (SSSR count). The minimum atomic E-state index is -0.263. The number of aliphatic hydroxyl groups is 1. The van der Waals surface area contributed by atoms with Crippen molar-refractivity contribution in [2.45, 2.75) is 44.2 Å². The van der Waals surface area contributed by atoms with Gasteiger partial charge >= 0.3 is 6.03 Å². The van der Waals surface area contributed by atoms with Crippen LogP contribution in [0.1, 0.15) is 31.2 Å². The summed E-state index contributed by atoms with van der Waals surface area (Å²) in [5.41, 5.74) is 1.83. The molecule has 0 spiro atoms. The van der Waals surface area contributed by atoms with Gasteiger partial charge in [-0.05, 0) is 55.9 Å². The molecule has 5 nitrogen and oxygen atoms in total. The van der Waals surface area contributed by atoms with Gasteiger partial charge in [-0.3, -0.25) is 0 Å². The van der Waals surface area contributed by atoms with Crippen molar-refractivity contribution in [3.63, 3.8) is 0 Å². The summed E-state index contributed by atoms with van der Waals surface area (Å²) in [6.45, 7) is 0.519. The molecule has 1 aromatic carbocycles. The van der Waals surface area contributed by atoms with Crippen molar-refractivity contribution in [1.82, 2.24) is 15.6 Å². The number of amides is 2. The fourth-order valence-electron chi connectivity index (χ4n) is 3.13. The second-order valence-corrected chi connectivity index (χ2v) is 6.16. The number of carbonyl (C=O) groups excluding carboxylic acids is 1. The van der Waals surface area contributed by atoms with Crippen LogP contribution in [-0.2, 0) is 6.42 Å². The molecule has 0 aliphatic heterocycles. The maximum absolute atomic E-state index is 13.1. The SMILES string of the molecule is O=C(NCCc1c[nH]c2cc(F)ccc12)NC1CCC(O)CC1. The van der Waals surface area contributed by atoms with E-state index in [-0.39, 0.29) is 24.0 Å². The van der Waals surface area contributed by atoms with Crippen LogP contribution >= 0.6 is 0 Å². The highest BCUT2D eigenvalue weighted by Crippen LogP contribution is 2.20. The van der Waals surface area contributed by atoms with Gasteiger partial charge in [-0.15, -0.1) is 0 Å². The average Bonchev–Trinajstić information content (AvgIpc) is 2.92. The number of urea groups is 1. The molecular formula is C17H22FN3O2. The molecule has 0 saturated heterocycles. The molecule has 4 N–H and O–H groups in total. The predicted molar refractivity (Wildman–Crippen MR) is 86.8 cm³/mol. The van der Waals surface area contributed by atoms with E-state index in [1.807, 2.05) is 6.20 Å². The number of H-pyrrole nitrogens is 1. The van der Waals surface area contributed by atoms with Gasteiger partial charge < -0.3 is 20.7 Å². The number of hydrogen-bond acceptors (Lipinski definition) is 2. The predicted octanol–water partition coefficient (Wildman–Crippen LogP) is 2.45. The third-order valence-corrected chi connectivity index (χ3v) is 4.44. The van der Waals surface area contributed by atoms with E-state index in [9.17, 15) is 14.3 Å². The molecule has 1 aliphatic carbocycles. The van der Waals surface area contributed by atoms with Gasteiger partial charge in [0, 0.05) is 29.7 Å². The second-order valence-electron chi connectivity index (χ2n) is 6.16. The Balaban J connectivity index is 1.46. The molecule has 2 aromatic rings. The number of carbonyl (C=O) groups is 1. The number of rotatable bonds is 4. The number of benzene rings is 1. The number of hydrogen-bond donors (Lipinski definition) is 4. The highest BCUT2D eigenvalue weighted by atomic mass is 19.1. The summed E-state index contributed by atoms with van der Waals surface area (Å²) < 4.78 is 13.1. The zero-order valence-electron chi connectivity index (χ0n) is 12.9. The van der Waals surface area contributed by atoms with Crippen LogP contribution in [0.5, 0.6) is 0 Å². The van der Waals surface area contributed by atoms with Crippen molar-refractivity contribution in [3.8, 4) is 0 Å². The maximum Gasteiger partial charge on any atom is 0.315 e. The topological polar surface area (TPSA) is 77.2 Å². The number of aromatic nitrogens is 1. The first-order valence-corrected chi connectivity index (χ1v) is 8.10. The standard InChI is InChI=1S/C17H22FN3O2/c18-12-1-6-15-11(10-20-16(15)9-12)7-8-19-17(23)21-13-2-4-14(22)5-3-13/h1,6,9-10,13-14,20,22H,2-5,7-8H2,(H2,19,21,23). The molecule has 0 radical (unpaired) electrons. The van der Waals surface area contributed by atoms with E-state index >= 15 is 0 Å². The van der Waals surface area contributed by atoms with Crippen molar-refractivity contribution in [2.24, 2.45) is 0 Å². The summed E-state index contributed by atoms with van der Waals surface area (Å²) >= 11 is 0. The highest BCUT2D eigenvalue weighted by molar-refractivity contribution is 5.83. The zero-order valence-corrected chi connectivity index (χ0v) is 12.9. The minimum Gasteiger partial charge on any atom is -0.393 e. The Labute approximate surface area is 134 Å². The Kier molecular flexibility index (Phi) is 4.81. The third-order valence-electron chi connectivity index (χ3n) is 4.44. The quantitative estimate of drug-likeness (QED) is 0.698. The first-order chi connectivity index (χ1) is 11.1. The normalized spacial score (nSPS) is 21.3. The van der Waals surface area contributed by atoms with Crippen LogP contribution in [0.3, 0.4) is 0 Å². The summed E-state index contributed by atoms with van der Waals surface area (Å²) in [5, 5.41) is 16.2. The Bertz CT molecular complexity index is 678. The molecule has 23 heavy (non-hydrogen) atoms. The van der Waals surface area contributed by atoms with Crippen LogP contribution in [0.2, 0.25) is 0 Å². The van der Waals surface area contributed by atoms with E-state index in [1.54, 1.807) is 6.07 Å². The summed E-state index contributed by atoms with van der Waals surface area (Å²) in [6.07, 6.45) is 5.45. The van der Waals surface area contributed by atoms with Gasteiger partial charge in [0.1, 0.15) is 5.82 Å². The van der Waals surface area contributed by atoms with E-state index < -0.39 is 0 Å². The number of aromatic amines is 1. The van der Waals surface area contributed by atoms with Crippen LogP contribution in [0.15, 0.2) is 24.4 Å². The number of aliphatic hydroxyl groups excluding tert-OH is 1. The Morgan fingerprint density at radius 3 is 2.87 bits per heavy atom. The second kappa shape index (κ2) is 7.00. The fourth-order valence-corrected chi connectivity index (χ4v) is 3.13. The van der Waals surface area contributed by atoms with E-state index in [0.717, 1.165) is 42.1 Å². The molecular weight excluding hydrogens is 297 g/mol. The van der Waals surface area contributed by atoms with Gasteiger partial charge in [-0.1, -0.05) is 0 Å². The summed E-state index contributed by atoms with van der Waals surface area (Å²) in [5.74, 6) is -0.263. The number of halogens is 1. The van der Waals surface area contributed by atoms with Crippen LogP contribution in [-0.4, -0.2) is 34.8 Å². The van der Waals surface area contributed by atoms with Crippen LogP contribution in [0, 0.1) is 5.82 Å². The van der Waals surface area contributed by atoms with Gasteiger partial charge in [-0.25, -0.2) is 9.18 Å². The molecule has 0 atom stereocenters. The molecule has 1 aromatic heterocycles. The van der Waals surface area contributed by atoms with Crippen molar-refractivity contribution >= 4 is 16.9 Å². The van der Waals surface area contributed by atoms with Gasteiger partial charge in [0.05, 0.1) is 6.10 Å². The van der Waals surface area contributed by atoms with Gasteiger partial charge in [-0.2, -0.15) is 0 Å². The maximum atomic E-state index is 13.1. The fraction of sp³-hybridized carbons (Fsp3) is 0.471.